The molecule has 0 atom stereocenters. The van der Waals surface area contributed by atoms with E-state index in [-0.39, 0.29) is 24.2 Å². The van der Waals surface area contributed by atoms with Crippen LogP contribution < -0.4 is 11.0 Å². The number of benzene rings is 1. The average molecular weight is 373 g/mol. The Balaban J connectivity index is 1.47. The Morgan fingerprint density at radius 3 is 2.69 bits per heavy atom. The molecule has 0 spiro atoms. The van der Waals surface area contributed by atoms with Crippen LogP contribution in [-0.2, 0) is 6.54 Å². The van der Waals surface area contributed by atoms with Crippen LogP contribution in [0.2, 0.25) is 5.02 Å². The van der Waals surface area contributed by atoms with Gasteiger partial charge in [-0.05, 0) is 49.2 Å². The van der Waals surface area contributed by atoms with Gasteiger partial charge in [0.2, 0.25) is 5.82 Å². The topological polar surface area (TPSA) is 82.1 Å². The summed E-state index contributed by atoms with van der Waals surface area (Å²) in [5, 5.41) is 7.76. The van der Waals surface area contributed by atoms with Gasteiger partial charge in [-0.2, -0.15) is 0 Å². The molecule has 0 aliphatic heterocycles. The van der Waals surface area contributed by atoms with E-state index in [1.54, 1.807) is 47.2 Å². The average Bonchev–Trinajstić information content (AvgIpc) is 3.21. The number of rotatable bonds is 6. The van der Waals surface area contributed by atoms with Crippen molar-refractivity contribution in [3.63, 3.8) is 0 Å². The Morgan fingerprint density at radius 2 is 2.04 bits per heavy atom. The maximum atomic E-state index is 12.6. The number of halogens is 1. The molecule has 1 amide bonds. The zero-order valence-corrected chi connectivity index (χ0v) is 14.6. The predicted molar refractivity (Wildman–Crippen MR) is 96.2 cm³/mol. The lowest BCUT2D eigenvalue weighted by atomic mass is 10.2. The molecule has 7 nitrogen and oxygen atoms in total. The molecule has 0 bridgehead atoms. The number of aromatic nitrogens is 3. The van der Waals surface area contributed by atoms with Crippen molar-refractivity contribution in [1.82, 2.24) is 19.7 Å². The molecule has 2 heterocycles. The van der Waals surface area contributed by atoms with Crippen molar-refractivity contribution in [2.75, 3.05) is 6.54 Å². The largest absolute Gasteiger partial charge is 0.461 e. The minimum atomic E-state index is -0.220. The van der Waals surface area contributed by atoms with Gasteiger partial charge in [0.25, 0.3) is 5.91 Å². The van der Waals surface area contributed by atoms with Crippen LogP contribution in [-0.4, -0.2) is 26.8 Å². The predicted octanol–water partition coefficient (Wildman–Crippen LogP) is 2.72. The molecule has 0 radical (unpaired) electrons. The highest BCUT2D eigenvalue weighted by atomic mass is 35.5. The van der Waals surface area contributed by atoms with E-state index in [4.69, 9.17) is 16.0 Å². The number of carbonyl (C=O) groups is 1. The van der Waals surface area contributed by atoms with Crippen LogP contribution in [0.15, 0.2) is 51.9 Å². The second-order valence-corrected chi connectivity index (χ2v) is 6.61. The fraction of sp³-hybridized carbons (Fsp3) is 0.278. The molecule has 1 saturated carbocycles. The summed E-state index contributed by atoms with van der Waals surface area (Å²) in [5.41, 5.74) is 0.334. The van der Waals surface area contributed by atoms with Crippen molar-refractivity contribution >= 4 is 17.5 Å². The van der Waals surface area contributed by atoms with Gasteiger partial charge in [-0.1, -0.05) is 11.6 Å². The molecule has 1 N–H and O–H groups in total. The fourth-order valence-corrected chi connectivity index (χ4v) is 2.91. The molecule has 1 aromatic carbocycles. The maximum absolute atomic E-state index is 12.6. The highest BCUT2D eigenvalue weighted by Crippen LogP contribution is 2.36. The standard InChI is InChI=1S/C18H17ClN4O3/c19-13-5-3-12(4-6-13)17(24)20-9-10-22-18(25)23(14-7-8-14)16(21-22)15-2-1-11-26-15/h1-6,11,14H,7-10H2,(H,20,24). The minimum Gasteiger partial charge on any atom is -0.461 e. The van der Waals surface area contributed by atoms with Crippen LogP contribution >= 0.6 is 11.6 Å². The monoisotopic (exact) mass is 372 g/mol. The molecule has 1 aliphatic rings. The Labute approximate surface area is 154 Å². The lowest BCUT2D eigenvalue weighted by molar-refractivity contribution is 0.0952. The van der Waals surface area contributed by atoms with Crippen molar-refractivity contribution < 1.29 is 9.21 Å². The molecular formula is C18H17ClN4O3. The summed E-state index contributed by atoms with van der Waals surface area (Å²) in [5.74, 6) is 0.882. The summed E-state index contributed by atoms with van der Waals surface area (Å²) in [6.45, 7) is 0.576. The van der Waals surface area contributed by atoms with Crippen molar-refractivity contribution in [2.24, 2.45) is 0 Å². The first-order chi connectivity index (χ1) is 12.6. The Morgan fingerprint density at radius 1 is 1.27 bits per heavy atom. The summed E-state index contributed by atoms with van der Waals surface area (Å²) in [7, 11) is 0. The molecule has 26 heavy (non-hydrogen) atoms. The fourth-order valence-electron chi connectivity index (χ4n) is 2.78. The number of hydrogen-bond acceptors (Lipinski definition) is 4. The van der Waals surface area contributed by atoms with Gasteiger partial charge in [0.1, 0.15) is 0 Å². The number of nitrogens with one attached hydrogen (secondary N) is 1. The van der Waals surface area contributed by atoms with Crippen molar-refractivity contribution in [3.8, 4) is 11.6 Å². The third-order valence-corrected chi connectivity index (χ3v) is 4.49. The van der Waals surface area contributed by atoms with E-state index >= 15 is 0 Å². The van der Waals surface area contributed by atoms with Crippen molar-refractivity contribution in [3.05, 3.63) is 63.7 Å². The quantitative estimate of drug-likeness (QED) is 0.721. The first-order valence-electron chi connectivity index (χ1n) is 8.40. The minimum absolute atomic E-state index is 0.181. The first-order valence-corrected chi connectivity index (χ1v) is 8.78. The smallest absolute Gasteiger partial charge is 0.346 e. The molecular weight excluding hydrogens is 356 g/mol. The summed E-state index contributed by atoms with van der Waals surface area (Å²) in [4.78, 5) is 24.8. The van der Waals surface area contributed by atoms with Gasteiger partial charge in [0.15, 0.2) is 5.76 Å². The van der Waals surface area contributed by atoms with Crippen LogP contribution in [0.3, 0.4) is 0 Å². The molecule has 8 heteroatoms. The molecule has 4 rings (SSSR count). The van der Waals surface area contributed by atoms with Crippen LogP contribution in [0.1, 0.15) is 29.2 Å². The summed E-state index contributed by atoms with van der Waals surface area (Å²) < 4.78 is 8.45. The van der Waals surface area contributed by atoms with Crippen LogP contribution in [0.5, 0.6) is 0 Å². The van der Waals surface area contributed by atoms with Gasteiger partial charge in [-0.3, -0.25) is 9.36 Å². The normalized spacial score (nSPS) is 13.7. The highest BCUT2D eigenvalue weighted by Gasteiger charge is 2.31. The Kier molecular flexibility index (Phi) is 4.38. The number of hydrogen-bond donors (Lipinski definition) is 1. The molecule has 1 fully saturated rings. The second-order valence-electron chi connectivity index (χ2n) is 6.17. The zero-order valence-electron chi connectivity index (χ0n) is 13.9. The van der Waals surface area contributed by atoms with Crippen LogP contribution in [0, 0.1) is 0 Å². The third kappa shape index (κ3) is 3.30. The lowest BCUT2D eigenvalue weighted by Crippen LogP contribution is -2.32. The van der Waals surface area contributed by atoms with Crippen LogP contribution in [0.25, 0.3) is 11.6 Å². The van der Waals surface area contributed by atoms with E-state index in [0.29, 0.717) is 28.7 Å². The maximum Gasteiger partial charge on any atom is 0.346 e. The van der Waals surface area contributed by atoms with Gasteiger partial charge in [0.05, 0.1) is 12.8 Å². The van der Waals surface area contributed by atoms with Gasteiger partial charge in [0, 0.05) is 23.2 Å². The van der Waals surface area contributed by atoms with Gasteiger partial charge in [-0.25, -0.2) is 9.48 Å². The molecule has 2 aromatic heterocycles. The van der Waals surface area contributed by atoms with E-state index < -0.39 is 0 Å². The number of amides is 1. The number of nitrogens with zero attached hydrogens (tertiary/aromatic N) is 3. The SMILES string of the molecule is O=C(NCCn1nc(-c2ccco2)n(C2CC2)c1=O)c1ccc(Cl)cc1. The van der Waals surface area contributed by atoms with Gasteiger partial charge in [-0.15, -0.1) is 5.10 Å². The zero-order chi connectivity index (χ0) is 18.1. The Hall–Kier alpha value is -2.80. The molecule has 0 saturated heterocycles. The van der Waals surface area contributed by atoms with E-state index in [9.17, 15) is 9.59 Å². The second kappa shape index (κ2) is 6.84. The van der Waals surface area contributed by atoms with Gasteiger partial charge >= 0.3 is 5.69 Å². The first kappa shape index (κ1) is 16.7. The van der Waals surface area contributed by atoms with Gasteiger partial charge < -0.3 is 9.73 Å². The molecule has 3 aromatic rings. The van der Waals surface area contributed by atoms with Crippen molar-refractivity contribution in [2.45, 2.75) is 25.4 Å². The molecule has 1 aliphatic carbocycles. The lowest BCUT2D eigenvalue weighted by Gasteiger charge is -2.05. The summed E-state index contributed by atoms with van der Waals surface area (Å²) >= 11 is 5.82. The van der Waals surface area contributed by atoms with Crippen LogP contribution in [0.4, 0.5) is 0 Å². The van der Waals surface area contributed by atoms with Crippen molar-refractivity contribution in [1.29, 1.82) is 0 Å². The molecule has 0 unspecified atom stereocenters. The van der Waals surface area contributed by atoms with E-state index in [0.717, 1.165) is 12.8 Å². The highest BCUT2D eigenvalue weighted by molar-refractivity contribution is 6.30. The molecule has 134 valence electrons. The number of carbonyl (C=O) groups excluding carboxylic acids is 1. The summed E-state index contributed by atoms with van der Waals surface area (Å²) in [6, 6.07) is 10.4. The third-order valence-electron chi connectivity index (χ3n) is 4.24. The van der Waals surface area contributed by atoms with E-state index in [1.165, 1.54) is 4.68 Å². The number of furan rings is 1. The van der Waals surface area contributed by atoms with E-state index in [1.807, 2.05) is 0 Å². The summed E-state index contributed by atoms with van der Waals surface area (Å²) in [6.07, 6.45) is 3.49. The Bertz CT molecular complexity index is 969. The van der Waals surface area contributed by atoms with E-state index in [2.05, 4.69) is 10.4 Å².